The van der Waals surface area contributed by atoms with E-state index < -0.39 is 0 Å². The van der Waals surface area contributed by atoms with Crippen LogP contribution >= 0.6 is 23.2 Å². The van der Waals surface area contributed by atoms with Gasteiger partial charge < -0.3 is 36.1 Å². The fourth-order valence-corrected chi connectivity index (χ4v) is 8.98. The summed E-state index contributed by atoms with van der Waals surface area (Å²) in [5, 5.41) is 21.9. The number of anilines is 1. The maximum Gasteiger partial charge on any atom is 0.220 e. The average molecular weight is 861 g/mol. The van der Waals surface area contributed by atoms with E-state index in [0.29, 0.717) is 66.5 Å². The third kappa shape index (κ3) is 9.15. The normalized spacial score (nSPS) is 18.3. The van der Waals surface area contributed by atoms with Gasteiger partial charge >= 0.3 is 0 Å². The molecule has 0 unspecified atom stereocenters. The molecule has 2 aliphatic heterocycles. The highest BCUT2D eigenvalue weighted by Crippen LogP contribution is 2.45. The van der Waals surface area contributed by atoms with Crippen molar-refractivity contribution in [3.8, 4) is 34.0 Å². The van der Waals surface area contributed by atoms with Gasteiger partial charge in [0, 0.05) is 105 Å². The molecule has 5 N–H and O–H groups in total. The molecular formula is C46H47Cl2N9O4. The fourth-order valence-electron chi connectivity index (χ4n) is 8.44. The first kappa shape index (κ1) is 40.7. The predicted octanol–water partition coefficient (Wildman–Crippen LogP) is 7.19. The van der Waals surface area contributed by atoms with Gasteiger partial charge in [-0.15, -0.1) is 5.10 Å². The Bertz CT molecular complexity index is 2600. The van der Waals surface area contributed by atoms with E-state index >= 15 is 0 Å². The number of rotatable bonds is 16. The van der Waals surface area contributed by atoms with E-state index in [-0.39, 0.29) is 30.0 Å². The van der Waals surface area contributed by atoms with Crippen LogP contribution < -0.4 is 36.1 Å². The number of nitrogens with one attached hydrogen (secondary N) is 5. The largest absolute Gasteiger partial charge is 0.488 e. The van der Waals surface area contributed by atoms with Gasteiger partial charge in [0.05, 0.1) is 15.7 Å². The van der Waals surface area contributed by atoms with E-state index in [1.54, 1.807) is 16.9 Å². The SMILES string of the molecule is CNc1cncc(COc2cc(O[C@H]3CCc4c(-c5cccc(-c6nc7ccc(CNC[C@@H]8CCC(=O)N8)cn7n6)c5Cl)cccc43)c(Cl)cc2CNC[C@@H]2CCC(=O)N2)c1. The summed E-state index contributed by atoms with van der Waals surface area (Å²) in [6.45, 7) is 2.81. The first-order valence-corrected chi connectivity index (χ1v) is 21.5. The number of aromatic nitrogens is 4. The lowest BCUT2D eigenvalue weighted by atomic mass is 9.95. The van der Waals surface area contributed by atoms with Gasteiger partial charge in [0.25, 0.3) is 0 Å². The Morgan fingerprint density at radius 3 is 2.33 bits per heavy atom. The maximum atomic E-state index is 11.8. The van der Waals surface area contributed by atoms with E-state index in [2.05, 4.69) is 43.7 Å². The van der Waals surface area contributed by atoms with Gasteiger partial charge in [-0.05, 0) is 72.2 Å². The third-order valence-corrected chi connectivity index (χ3v) is 12.3. The molecular weight excluding hydrogens is 813 g/mol. The van der Waals surface area contributed by atoms with Gasteiger partial charge in [-0.3, -0.25) is 14.6 Å². The zero-order chi connectivity index (χ0) is 41.9. The highest BCUT2D eigenvalue weighted by Gasteiger charge is 2.29. The van der Waals surface area contributed by atoms with E-state index in [1.807, 2.05) is 67.8 Å². The molecule has 0 radical (unpaired) electrons. The molecule has 6 aromatic rings. The van der Waals surface area contributed by atoms with Gasteiger partial charge in [0.1, 0.15) is 24.2 Å². The highest BCUT2D eigenvalue weighted by atomic mass is 35.5. The Kier molecular flexibility index (Phi) is 12.1. The second kappa shape index (κ2) is 18.1. The number of fused-ring (bicyclic) bond motifs is 2. The third-order valence-electron chi connectivity index (χ3n) is 11.6. The number of halogens is 2. The van der Waals surface area contributed by atoms with Crippen molar-refractivity contribution in [1.29, 1.82) is 0 Å². The molecule has 3 aromatic carbocycles. The molecule has 61 heavy (non-hydrogen) atoms. The minimum atomic E-state index is -0.241. The highest BCUT2D eigenvalue weighted by molar-refractivity contribution is 6.36. The summed E-state index contributed by atoms with van der Waals surface area (Å²) < 4.78 is 15.0. The van der Waals surface area contributed by atoms with E-state index in [4.69, 9.17) is 42.8 Å². The molecule has 3 aromatic heterocycles. The summed E-state index contributed by atoms with van der Waals surface area (Å²) in [5.41, 5.74) is 9.42. The maximum absolute atomic E-state index is 11.8. The molecule has 2 saturated heterocycles. The number of benzene rings is 3. The average Bonchev–Trinajstić information content (AvgIpc) is 4.08. The predicted molar refractivity (Wildman–Crippen MR) is 236 cm³/mol. The fraction of sp³-hybridized carbons (Fsp3) is 0.326. The molecule has 0 bridgehead atoms. The van der Waals surface area contributed by atoms with E-state index in [1.165, 1.54) is 5.56 Å². The van der Waals surface area contributed by atoms with Crippen molar-refractivity contribution < 1.29 is 19.1 Å². The molecule has 314 valence electrons. The summed E-state index contributed by atoms with van der Waals surface area (Å²) in [4.78, 5) is 32.5. The first-order valence-electron chi connectivity index (χ1n) is 20.8. The second-order valence-electron chi connectivity index (χ2n) is 15.8. The number of hydrogen-bond acceptors (Lipinski definition) is 10. The van der Waals surface area contributed by atoms with Crippen molar-refractivity contribution in [2.75, 3.05) is 25.5 Å². The van der Waals surface area contributed by atoms with Crippen molar-refractivity contribution in [3.63, 3.8) is 0 Å². The van der Waals surface area contributed by atoms with Crippen molar-refractivity contribution in [3.05, 3.63) is 123 Å². The molecule has 3 aliphatic rings. The number of pyridine rings is 2. The van der Waals surface area contributed by atoms with Crippen molar-refractivity contribution >= 4 is 46.4 Å². The quantitative estimate of drug-likeness (QED) is 0.0676. The Hall–Kier alpha value is -5.73. The molecule has 2 fully saturated rings. The van der Waals surface area contributed by atoms with Crippen LogP contribution in [0.3, 0.4) is 0 Å². The molecule has 3 atom stereocenters. The number of carbonyl (C=O) groups excluding carboxylic acids is 2. The summed E-state index contributed by atoms with van der Waals surface area (Å²) in [5.74, 6) is 1.93. The summed E-state index contributed by atoms with van der Waals surface area (Å²) >= 11 is 14.2. The van der Waals surface area contributed by atoms with Crippen LogP contribution in [-0.2, 0) is 35.7 Å². The molecule has 0 saturated carbocycles. The van der Waals surface area contributed by atoms with E-state index in [0.717, 1.165) is 82.5 Å². The topological polar surface area (TPSA) is 156 Å². The van der Waals surface area contributed by atoms with Gasteiger partial charge in [0.15, 0.2) is 11.5 Å². The smallest absolute Gasteiger partial charge is 0.220 e. The lowest BCUT2D eigenvalue weighted by Gasteiger charge is -2.20. The van der Waals surface area contributed by atoms with Gasteiger partial charge in [-0.2, -0.15) is 0 Å². The summed E-state index contributed by atoms with van der Waals surface area (Å²) in [6, 6.07) is 22.3. The Morgan fingerprint density at radius 1 is 0.803 bits per heavy atom. The zero-order valence-electron chi connectivity index (χ0n) is 33.8. The number of carbonyl (C=O) groups is 2. The summed E-state index contributed by atoms with van der Waals surface area (Å²) in [7, 11) is 1.86. The molecule has 0 spiro atoms. The number of hydrogen-bond donors (Lipinski definition) is 5. The molecule has 2 amide bonds. The lowest BCUT2D eigenvalue weighted by molar-refractivity contribution is -0.120. The number of ether oxygens (including phenoxy) is 2. The molecule has 9 rings (SSSR count). The number of nitrogens with zero attached hydrogens (tertiary/aromatic N) is 4. The Labute approximate surface area is 363 Å². The Balaban J connectivity index is 0.928. The standard InChI is InChI=1S/C46H47Cl2N9O4/c1-49-32-16-28(20-51-24-32)26-60-40-18-41(38(47)17-29(40)21-52-23-31-10-15-44(59)54-31)61-39-12-11-34-33(4-2-5-35(34)39)36-6-3-7-37(45(36)48)46-55-42-13-8-27(25-57(42)56-46)19-50-22-30-9-14-43(58)53-30/h2-8,13,16-18,20,24-25,30-31,39,49-50,52H,9-12,14-15,19,21-23,26H2,1H3,(H,53,58)(H,54,59)/t30-,31-,39-/m0/s1. The molecule has 15 heteroatoms. The molecule has 13 nitrogen and oxygen atoms in total. The van der Waals surface area contributed by atoms with Gasteiger partial charge in [-0.1, -0.05) is 59.6 Å². The first-order chi connectivity index (χ1) is 29.8. The van der Waals surface area contributed by atoms with Gasteiger partial charge in [0.2, 0.25) is 11.8 Å². The van der Waals surface area contributed by atoms with Crippen LogP contribution in [0.15, 0.2) is 85.3 Å². The van der Waals surface area contributed by atoms with Crippen LogP contribution in [0.4, 0.5) is 5.69 Å². The molecule has 5 heterocycles. The van der Waals surface area contributed by atoms with Crippen LogP contribution in [0.5, 0.6) is 11.5 Å². The minimum Gasteiger partial charge on any atom is -0.488 e. The van der Waals surface area contributed by atoms with Crippen LogP contribution in [0.1, 0.15) is 66.0 Å². The zero-order valence-corrected chi connectivity index (χ0v) is 35.3. The van der Waals surface area contributed by atoms with E-state index in [9.17, 15) is 9.59 Å². The van der Waals surface area contributed by atoms with Crippen molar-refractivity contribution in [1.82, 2.24) is 40.8 Å². The Morgan fingerprint density at radius 2 is 1.56 bits per heavy atom. The lowest BCUT2D eigenvalue weighted by Crippen LogP contribution is -2.35. The van der Waals surface area contributed by atoms with Crippen LogP contribution in [0.2, 0.25) is 10.0 Å². The summed E-state index contributed by atoms with van der Waals surface area (Å²) in [6.07, 6.45) is 9.64. The van der Waals surface area contributed by atoms with Crippen LogP contribution in [0, 0.1) is 0 Å². The monoisotopic (exact) mass is 859 g/mol. The molecule has 1 aliphatic carbocycles. The second-order valence-corrected chi connectivity index (χ2v) is 16.6. The van der Waals surface area contributed by atoms with Crippen LogP contribution in [0.25, 0.3) is 28.2 Å². The van der Waals surface area contributed by atoms with Crippen molar-refractivity contribution in [2.24, 2.45) is 0 Å². The minimum absolute atomic E-state index is 0.0868. The van der Waals surface area contributed by atoms with Crippen molar-refractivity contribution in [2.45, 2.75) is 76.4 Å². The van der Waals surface area contributed by atoms with Crippen LogP contribution in [-0.4, -0.2) is 63.6 Å². The number of amides is 2. The van der Waals surface area contributed by atoms with Gasteiger partial charge in [-0.25, -0.2) is 9.50 Å².